The van der Waals surface area contributed by atoms with Crippen LogP contribution in [0.5, 0.6) is 0 Å². The van der Waals surface area contributed by atoms with E-state index in [0.717, 1.165) is 5.23 Å². The summed E-state index contributed by atoms with van der Waals surface area (Å²) in [7, 11) is 5.89. The summed E-state index contributed by atoms with van der Waals surface area (Å²) in [6.45, 7) is 22.5. The second kappa shape index (κ2) is 12.2. The molecule has 5 nitrogen and oxygen atoms in total. The van der Waals surface area contributed by atoms with Crippen molar-refractivity contribution in [3.63, 3.8) is 0 Å². The Morgan fingerprint density at radius 2 is 1.34 bits per heavy atom. The molecule has 0 bridgehead atoms. The fraction of sp³-hybridized carbons (Fsp3) is 0.667. The van der Waals surface area contributed by atoms with Gasteiger partial charge in [-0.1, -0.05) is 98.8 Å². The van der Waals surface area contributed by atoms with E-state index >= 15 is 0 Å². The zero-order valence-electron chi connectivity index (χ0n) is 22.2. The van der Waals surface area contributed by atoms with Gasteiger partial charge >= 0.3 is 20.9 Å². The first-order valence-electron chi connectivity index (χ1n) is 11.8. The van der Waals surface area contributed by atoms with Gasteiger partial charge in [-0.2, -0.15) is 0 Å². The molecule has 0 unspecified atom stereocenters. The summed E-state index contributed by atoms with van der Waals surface area (Å²) in [6, 6.07) is 11.8. The van der Waals surface area contributed by atoms with Gasteiger partial charge in [0.05, 0.1) is 7.11 Å². The third-order valence-electron chi connectivity index (χ3n) is 6.17. The molecule has 0 aliphatic heterocycles. The molecular weight excluding hydrogens is 412 g/mol. The van der Waals surface area contributed by atoms with Gasteiger partial charge in [0.1, 0.15) is 5.23 Å². The number of ether oxygens (including phenoxy) is 1. The molecule has 0 aliphatic carbocycles. The zero-order valence-corrected chi connectivity index (χ0v) is 23.2. The predicted molar refractivity (Wildman–Crippen MR) is 141 cm³/mol. The van der Waals surface area contributed by atoms with Crippen LogP contribution in [0.25, 0.3) is 0 Å². The topological polar surface area (TPSA) is 35.8 Å². The number of carbonyl (C=O) groups excluding carboxylic acids is 1. The maximum absolute atomic E-state index is 12.3. The van der Waals surface area contributed by atoms with Crippen molar-refractivity contribution in [3.05, 3.63) is 30.3 Å². The van der Waals surface area contributed by atoms with Crippen LogP contribution in [0.3, 0.4) is 0 Å². The van der Waals surface area contributed by atoms with E-state index in [-0.39, 0.29) is 19.5 Å². The third-order valence-corrected chi connectivity index (χ3v) is 9.77. The Morgan fingerprint density at radius 3 is 1.69 bits per heavy atom. The minimum Gasteiger partial charge on any atom is -0.464 e. The van der Waals surface area contributed by atoms with Crippen LogP contribution in [0.4, 0.5) is 0 Å². The van der Waals surface area contributed by atoms with Crippen LogP contribution >= 0.6 is 0 Å². The van der Waals surface area contributed by atoms with Crippen LogP contribution in [-0.4, -0.2) is 86.2 Å². The second-order valence-electron chi connectivity index (χ2n) is 10.2. The lowest BCUT2D eigenvalue weighted by Crippen LogP contribution is -2.73. The number of nitrogens with zero attached hydrogens (tertiary/aromatic N) is 3. The molecule has 1 aromatic rings. The monoisotopic (exact) mass is 456 g/mol. The lowest BCUT2D eigenvalue weighted by Gasteiger charge is -2.46. The van der Waals surface area contributed by atoms with Crippen LogP contribution in [0.2, 0.25) is 13.1 Å². The first-order valence-corrected chi connectivity index (χ1v) is 14.8. The summed E-state index contributed by atoms with van der Waals surface area (Å²) in [5.41, 5.74) is 0. The van der Waals surface area contributed by atoms with Crippen molar-refractivity contribution in [3.8, 4) is 0 Å². The largest absolute Gasteiger partial charge is 0.579 e. The smallest absolute Gasteiger partial charge is 0.464 e. The summed E-state index contributed by atoms with van der Waals surface area (Å²) in [6.07, 6.45) is 0. The van der Waals surface area contributed by atoms with Gasteiger partial charge in [0, 0.05) is 0 Å². The third kappa shape index (κ3) is 6.81. The van der Waals surface area contributed by atoms with E-state index in [4.69, 9.17) is 12.7 Å². The van der Waals surface area contributed by atoms with E-state index in [1.807, 2.05) is 6.07 Å². The summed E-state index contributed by atoms with van der Waals surface area (Å²) < 4.78 is 6.68. The van der Waals surface area contributed by atoms with E-state index in [1.54, 1.807) is 4.49 Å². The summed E-state index contributed by atoms with van der Waals surface area (Å²) in [5.74, 6) is -0.331. The quantitative estimate of drug-likeness (QED) is 0.291. The Labute approximate surface area is 199 Å². The normalized spacial score (nSPS) is 13.5. The van der Waals surface area contributed by atoms with Gasteiger partial charge in [-0.05, 0) is 29.4 Å². The SMILES string of the molecule is [B]/[N+](CC(=O)OC)=C(/B(N(C(C)C)C(C)C)N(C(C)C)C(C)C)[Si](C)(C)c1ccccc1. The van der Waals surface area contributed by atoms with E-state index in [2.05, 4.69) is 102 Å². The predicted octanol–water partition coefficient (Wildman–Crippen LogP) is 3.12. The van der Waals surface area contributed by atoms with Crippen molar-refractivity contribution in [2.45, 2.75) is 92.7 Å². The van der Waals surface area contributed by atoms with Crippen molar-refractivity contribution >= 4 is 39.4 Å². The van der Waals surface area contributed by atoms with Crippen molar-refractivity contribution in [1.29, 1.82) is 0 Å². The number of hydrogen-bond donors (Lipinski definition) is 0. The van der Waals surface area contributed by atoms with Crippen LogP contribution in [0, 0.1) is 0 Å². The Bertz CT molecular complexity index is 732. The zero-order chi connectivity index (χ0) is 24.8. The molecule has 0 amide bonds. The molecule has 32 heavy (non-hydrogen) atoms. The van der Waals surface area contributed by atoms with Crippen LogP contribution in [-0.2, 0) is 9.53 Å². The van der Waals surface area contributed by atoms with Crippen LogP contribution in [0.15, 0.2) is 30.3 Å². The van der Waals surface area contributed by atoms with E-state index < -0.39 is 8.07 Å². The lowest BCUT2D eigenvalue weighted by atomic mass is 9.67. The molecule has 1 aromatic carbocycles. The van der Waals surface area contributed by atoms with Gasteiger partial charge in [0.25, 0.3) is 0 Å². The van der Waals surface area contributed by atoms with Crippen molar-refractivity contribution in [2.75, 3.05) is 13.7 Å². The number of methoxy groups -OCH3 is 1. The minimum absolute atomic E-state index is 0.0274. The fourth-order valence-electron chi connectivity index (χ4n) is 4.88. The highest BCUT2D eigenvalue weighted by molar-refractivity contribution is 7.30. The molecule has 0 atom stereocenters. The van der Waals surface area contributed by atoms with Gasteiger partial charge in [-0.15, -0.1) is 0 Å². The first-order chi connectivity index (χ1) is 14.8. The Morgan fingerprint density at radius 1 is 0.938 bits per heavy atom. The van der Waals surface area contributed by atoms with Gasteiger partial charge < -0.3 is 18.8 Å². The molecule has 176 valence electrons. The number of rotatable bonds is 11. The molecule has 2 radical (unpaired) electrons. The van der Waals surface area contributed by atoms with Crippen LogP contribution < -0.4 is 5.19 Å². The molecule has 0 fully saturated rings. The van der Waals surface area contributed by atoms with E-state index in [9.17, 15) is 4.79 Å². The Balaban J connectivity index is 4.00. The molecule has 8 heteroatoms. The molecule has 1 rings (SSSR count). The average Bonchev–Trinajstić information content (AvgIpc) is 2.67. The lowest BCUT2D eigenvalue weighted by molar-refractivity contribution is -0.362. The van der Waals surface area contributed by atoms with Gasteiger partial charge in [0.15, 0.2) is 8.07 Å². The Hall–Kier alpha value is -1.37. The molecule has 0 saturated heterocycles. The van der Waals surface area contributed by atoms with Gasteiger partial charge in [-0.25, -0.2) is 4.79 Å². The van der Waals surface area contributed by atoms with E-state index in [0.29, 0.717) is 24.2 Å². The highest BCUT2D eigenvalue weighted by Crippen LogP contribution is 2.22. The standard InChI is InChI=1S/C24H44B2N3O2Si/c1-18(2)28(19(3)4)26(29(20(5)6)21(7)8)24(27(25)17-23(30)31-9)32(10,11)22-15-13-12-14-16-22/h12-16,18-21H,17H2,1-11H3/q+1/b27-24-. The maximum atomic E-state index is 12.3. The average molecular weight is 456 g/mol. The highest BCUT2D eigenvalue weighted by Gasteiger charge is 2.52. The first kappa shape index (κ1) is 28.7. The molecular formula is C24H44B2N3O2Si+. The summed E-state index contributed by atoms with van der Waals surface area (Å²) in [4.78, 5) is 17.4. The number of benzene rings is 1. The Kier molecular flexibility index (Phi) is 10.9. The summed E-state index contributed by atoms with van der Waals surface area (Å²) >= 11 is 0. The summed E-state index contributed by atoms with van der Waals surface area (Å²) in [5, 5.41) is 2.42. The maximum Gasteiger partial charge on any atom is 0.579 e. The molecule has 0 saturated carbocycles. The highest BCUT2D eigenvalue weighted by atomic mass is 28.3. The molecule has 0 aromatic heterocycles. The van der Waals surface area contributed by atoms with Crippen molar-refractivity contribution in [2.24, 2.45) is 0 Å². The molecule has 0 aliphatic rings. The second-order valence-corrected chi connectivity index (χ2v) is 14.6. The fourth-order valence-corrected chi connectivity index (χ4v) is 7.94. The van der Waals surface area contributed by atoms with Crippen molar-refractivity contribution < 1.29 is 14.0 Å². The molecule has 0 N–H and O–H groups in total. The number of hydrogen-bond acceptors (Lipinski definition) is 4. The molecule has 0 heterocycles. The molecule has 0 spiro atoms. The number of esters is 1. The van der Waals surface area contributed by atoms with Gasteiger partial charge in [-0.3, -0.25) is 0 Å². The van der Waals surface area contributed by atoms with Crippen LogP contribution in [0.1, 0.15) is 55.4 Å². The van der Waals surface area contributed by atoms with Crippen molar-refractivity contribution in [1.82, 2.24) is 9.62 Å². The minimum atomic E-state index is -2.30. The van der Waals surface area contributed by atoms with Gasteiger partial charge in [0.2, 0.25) is 6.54 Å². The van der Waals surface area contributed by atoms with E-state index in [1.165, 1.54) is 12.3 Å². The number of carbonyl (C=O) groups is 1.